The first kappa shape index (κ1) is 45.3. The van der Waals surface area contributed by atoms with E-state index in [4.69, 9.17) is 30.8 Å². The number of anilines is 3. The third kappa shape index (κ3) is 8.89. The van der Waals surface area contributed by atoms with Crippen molar-refractivity contribution in [3.63, 3.8) is 0 Å². The molecule has 0 radical (unpaired) electrons. The lowest BCUT2D eigenvalue weighted by Crippen LogP contribution is -2.52. The highest BCUT2D eigenvalue weighted by molar-refractivity contribution is 6.33. The van der Waals surface area contributed by atoms with Crippen molar-refractivity contribution in [1.29, 1.82) is 0 Å². The minimum atomic E-state index is -0.829. The standard InChI is InChI=1S/C47H55ClFN9O8/c1-25(2)58-35-6-5-28(17-27(35)18-38(45(58)62)65-24-40(60)50-3)52-43-34(48)22-51-47(54-43)56-15-11-30(12-16-56)66-31-19-29(20-31)55-13-9-26(10-14-55)32-21-37(64-4)41-33(42(32)49)23-57(46(41)63)36-7-8-39(59)53-44(36)61/h5-6,17-18,21-22,25-26,29-31,36H,7-16,19-20,23-24H2,1-4H3,(H,50,60)(H,51,52,54)(H,53,59,61)/t29-,31-,36-/m0/s1. The van der Waals surface area contributed by atoms with Gasteiger partial charge in [-0.25, -0.2) is 9.37 Å². The SMILES string of the molecule is CNC(=O)COc1cc2cc(Nc3nc(N4CCC(O[C@H]5C[C@H](N6CCC(c7cc(OC)c8c(c7F)CN([C@H]7CCC(=O)NC7=O)C8=O)CC6)C5)CC4)ncc3Cl)ccc2n(C(C)C)c1=O. The summed E-state index contributed by atoms with van der Waals surface area (Å²) in [6.45, 7) is 6.63. The number of nitrogens with zero attached hydrogens (tertiary/aromatic N) is 6. The maximum absolute atomic E-state index is 16.3. The van der Waals surface area contributed by atoms with Crippen molar-refractivity contribution in [2.45, 2.75) is 108 Å². The number of ether oxygens (including phenoxy) is 3. The van der Waals surface area contributed by atoms with Crippen molar-refractivity contribution in [2.75, 3.05) is 57.2 Å². The van der Waals surface area contributed by atoms with Gasteiger partial charge in [-0.15, -0.1) is 0 Å². The number of pyridine rings is 1. The second kappa shape index (κ2) is 18.8. The lowest BCUT2D eigenvalue weighted by Gasteiger charge is -2.47. The Morgan fingerprint density at radius 3 is 2.44 bits per heavy atom. The quantitative estimate of drug-likeness (QED) is 0.149. The van der Waals surface area contributed by atoms with Gasteiger partial charge >= 0.3 is 0 Å². The molecule has 6 heterocycles. The zero-order valence-corrected chi connectivity index (χ0v) is 38.3. The number of halogens is 2. The highest BCUT2D eigenvalue weighted by Gasteiger charge is 2.44. The number of carbonyl (C=O) groups is 4. The van der Waals surface area contributed by atoms with Gasteiger partial charge in [-0.1, -0.05) is 11.6 Å². The van der Waals surface area contributed by atoms with E-state index in [-0.39, 0.29) is 84.4 Å². The van der Waals surface area contributed by atoms with Gasteiger partial charge in [0.25, 0.3) is 17.4 Å². The molecule has 66 heavy (non-hydrogen) atoms. The number of hydrogen-bond donors (Lipinski definition) is 3. The van der Waals surface area contributed by atoms with Crippen LogP contribution in [0.3, 0.4) is 0 Å². The van der Waals surface area contributed by atoms with Crippen LogP contribution in [-0.2, 0) is 25.7 Å². The maximum Gasteiger partial charge on any atom is 0.293 e. The number of nitrogens with one attached hydrogen (secondary N) is 3. The minimum Gasteiger partial charge on any atom is -0.496 e. The monoisotopic (exact) mass is 927 g/mol. The number of benzene rings is 2. The second-order valence-electron chi connectivity index (χ2n) is 18.1. The van der Waals surface area contributed by atoms with Gasteiger partial charge in [-0.3, -0.25) is 29.3 Å². The summed E-state index contributed by atoms with van der Waals surface area (Å²) in [4.78, 5) is 78.2. The van der Waals surface area contributed by atoms with Crippen LogP contribution in [0, 0.1) is 5.82 Å². The normalized spacial score (nSPS) is 21.8. The van der Waals surface area contributed by atoms with Gasteiger partial charge in [-0.2, -0.15) is 4.98 Å². The third-order valence-corrected chi connectivity index (χ3v) is 14.1. The van der Waals surface area contributed by atoms with Crippen molar-refractivity contribution in [1.82, 2.24) is 35.0 Å². The molecule has 2 aromatic carbocycles. The number of rotatable bonds is 13. The average molecular weight is 928 g/mol. The van der Waals surface area contributed by atoms with Gasteiger partial charge in [0.2, 0.25) is 17.8 Å². The summed E-state index contributed by atoms with van der Waals surface area (Å²) >= 11 is 6.60. The molecule has 3 saturated heterocycles. The van der Waals surface area contributed by atoms with Gasteiger partial charge in [-0.05, 0) is 114 Å². The molecule has 0 bridgehead atoms. The number of piperidine rings is 3. The molecule has 350 valence electrons. The fraction of sp³-hybridized carbons (Fsp3) is 0.511. The highest BCUT2D eigenvalue weighted by Crippen LogP contribution is 2.43. The maximum atomic E-state index is 16.3. The van der Waals surface area contributed by atoms with Crippen LogP contribution < -0.4 is 35.9 Å². The van der Waals surface area contributed by atoms with E-state index < -0.39 is 23.7 Å². The molecular weight excluding hydrogens is 873 g/mol. The number of hydrogen-bond acceptors (Lipinski definition) is 13. The molecule has 0 spiro atoms. The Balaban J connectivity index is 0.758. The molecule has 1 saturated carbocycles. The van der Waals surface area contributed by atoms with Crippen LogP contribution in [0.1, 0.15) is 98.7 Å². The summed E-state index contributed by atoms with van der Waals surface area (Å²) in [7, 11) is 2.98. The van der Waals surface area contributed by atoms with E-state index in [1.54, 1.807) is 22.9 Å². The Morgan fingerprint density at radius 1 is 0.985 bits per heavy atom. The molecule has 4 aliphatic heterocycles. The number of amides is 4. The van der Waals surface area contributed by atoms with E-state index in [0.29, 0.717) is 39.8 Å². The van der Waals surface area contributed by atoms with Crippen LogP contribution in [0.4, 0.5) is 21.8 Å². The number of aromatic nitrogens is 3. The van der Waals surface area contributed by atoms with Crippen LogP contribution in [-0.4, -0.2) is 119 Å². The predicted molar refractivity (Wildman–Crippen MR) is 244 cm³/mol. The topological polar surface area (TPSA) is 190 Å². The number of carbonyl (C=O) groups excluding carboxylic acids is 4. The van der Waals surface area contributed by atoms with E-state index in [9.17, 15) is 24.0 Å². The zero-order chi connectivity index (χ0) is 46.4. The molecular formula is C47H55ClFN9O8. The molecule has 17 nitrogen and oxygen atoms in total. The summed E-state index contributed by atoms with van der Waals surface area (Å²) in [6.07, 6.45) is 7.36. The average Bonchev–Trinajstić information content (AvgIpc) is 3.64. The van der Waals surface area contributed by atoms with Gasteiger partial charge in [0, 0.05) is 55.3 Å². The molecule has 19 heteroatoms. The first-order valence-electron chi connectivity index (χ1n) is 22.8. The molecule has 4 amide bonds. The van der Waals surface area contributed by atoms with Crippen molar-refractivity contribution < 1.29 is 37.8 Å². The van der Waals surface area contributed by atoms with Crippen LogP contribution in [0.25, 0.3) is 10.9 Å². The number of imide groups is 1. The lowest BCUT2D eigenvalue weighted by molar-refractivity contribution is -0.137. The zero-order valence-electron chi connectivity index (χ0n) is 37.5. The number of likely N-dealkylation sites (N-methyl/N-ethyl adjacent to an activating group) is 1. The van der Waals surface area contributed by atoms with E-state index >= 15 is 4.39 Å². The van der Waals surface area contributed by atoms with E-state index in [2.05, 4.69) is 30.7 Å². The molecule has 9 rings (SSSR count). The second-order valence-corrected chi connectivity index (χ2v) is 18.5. The van der Waals surface area contributed by atoms with Crippen LogP contribution in [0.15, 0.2) is 41.3 Å². The fourth-order valence-electron chi connectivity index (χ4n) is 10.1. The number of likely N-dealkylation sites (tertiary alicyclic amines) is 1. The Kier molecular flexibility index (Phi) is 12.9. The lowest BCUT2D eigenvalue weighted by atomic mass is 9.82. The number of fused-ring (bicyclic) bond motifs is 2. The van der Waals surface area contributed by atoms with E-state index in [0.717, 1.165) is 75.6 Å². The first-order valence-corrected chi connectivity index (χ1v) is 23.2. The van der Waals surface area contributed by atoms with Crippen LogP contribution >= 0.6 is 11.6 Å². The first-order chi connectivity index (χ1) is 31.8. The Hall–Kier alpha value is -5.85. The largest absolute Gasteiger partial charge is 0.496 e. The summed E-state index contributed by atoms with van der Waals surface area (Å²) in [6, 6.07) is 8.35. The minimum absolute atomic E-state index is 0.0312. The van der Waals surface area contributed by atoms with Crippen LogP contribution in [0.5, 0.6) is 11.5 Å². The Labute approximate surface area is 386 Å². The van der Waals surface area contributed by atoms with Gasteiger partial charge in [0.15, 0.2) is 18.2 Å². The Morgan fingerprint density at radius 2 is 1.74 bits per heavy atom. The van der Waals surface area contributed by atoms with Gasteiger partial charge in [0.05, 0.1) is 43.1 Å². The van der Waals surface area contributed by atoms with Gasteiger partial charge in [0.1, 0.15) is 22.6 Å². The Bertz CT molecular complexity index is 2620. The van der Waals surface area contributed by atoms with Crippen molar-refractivity contribution in [2.24, 2.45) is 0 Å². The molecule has 2 aromatic heterocycles. The number of methoxy groups -OCH3 is 1. The molecule has 1 aliphatic carbocycles. The molecule has 5 aliphatic rings. The molecule has 1 atom stereocenters. The molecule has 4 fully saturated rings. The van der Waals surface area contributed by atoms with E-state index in [1.165, 1.54) is 19.1 Å². The summed E-state index contributed by atoms with van der Waals surface area (Å²) in [5.41, 5.74) is 2.08. The van der Waals surface area contributed by atoms with Crippen molar-refractivity contribution >= 4 is 63.6 Å². The summed E-state index contributed by atoms with van der Waals surface area (Å²) in [5, 5.41) is 9.22. The van der Waals surface area contributed by atoms with Crippen molar-refractivity contribution in [3.05, 3.63) is 74.4 Å². The summed E-state index contributed by atoms with van der Waals surface area (Å²) < 4.78 is 35.7. The fourth-order valence-corrected chi connectivity index (χ4v) is 10.3. The predicted octanol–water partition coefficient (Wildman–Crippen LogP) is 5.20. The smallest absolute Gasteiger partial charge is 0.293 e. The van der Waals surface area contributed by atoms with Crippen molar-refractivity contribution in [3.8, 4) is 11.5 Å². The summed E-state index contributed by atoms with van der Waals surface area (Å²) in [5.74, 6) is -0.721. The van der Waals surface area contributed by atoms with E-state index in [1.807, 2.05) is 32.0 Å². The van der Waals surface area contributed by atoms with Crippen LogP contribution in [0.2, 0.25) is 5.02 Å². The molecule has 4 aromatic rings. The molecule has 3 N–H and O–H groups in total. The third-order valence-electron chi connectivity index (χ3n) is 13.8. The van der Waals surface area contributed by atoms with Gasteiger partial charge < -0.3 is 44.1 Å². The molecule has 0 unspecified atom stereocenters. The highest BCUT2D eigenvalue weighted by atomic mass is 35.5.